The molecule has 0 saturated carbocycles. The number of carbonyl (C=O) groups is 2. The average Bonchev–Trinajstić information content (AvgIpc) is 2.88. The van der Waals surface area contributed by atoms with E-state index in [0.29, 0.717) is 10.1 Å². The zero-order valence-corrected chi connectivity index (χ0v) is 20.4. The molecule has 0 aliphatic carbocycles. The highest BCUT2D eigenvalue weighted by Crippen LogP contribution is 2.24. The number of aliphatic carboxylic acids is 1. The lowest BCUT2D eigenvalue weighted by atomic mass is 10.0. The van der Waals surface area contributed by atoms with Crippen molar-refractivity contribution < 1.29 is 23.5 Å². The molecule has 4 N–H and O–H groups in total. The van der Waals surface area contributed by atoms with E-state index in [0.717, 1.165) is 29.3 Å². The third-order valence-corrected chi connectivity index (χ3v) is 6.12. The molecule has 0 aliphatic rings. The summed E-state index contributed by atoms with van der Waals surface area (Å²) in [5.74, 6) is -4.20. The molecular formula is C29H25F2N3O4. The van der Waals surface area contributed by atoms with Crippen molar-refractivity contribution in [2.75, 3.05) is 5.73 Å². The minimum absolute atomic E-state index is 0.0804. The predicted octanol–water partition coefficient (Wildman–Crippen LogP) is 4.02. The molecule has 194 valence electrons. The van der Waals surface area contributed by atoms with Crippen LogP contribution in [0.15, 0.2) is 83.7 Å². The summed E-state index contributed by atoms with van der Waals surface area (Å²) in [6.45, 7) is 1.72. The minimum Gasteiger partial charge on any atom is -0.480 e. The lowest BCUT2D eigenvalue weighted by Gasteiger charge is -2.17. The van der Waals surface area contributed by atoms with Gasteiger partial charge in [0.15, 0.2) is 17.4 Å². The van der Waals surface area contributed by atoms with E-state index >= 15 is 8.78 Å². The molecule has 0 amide bonds. The monoisotopic (exact) mass is 517 g/mol. The molecule has 1 heterocycles. The van der Waals surface area contributed by atoms with E-state index in [9.17, 15) is 19.5 Å². The largest absolute Gasteiger partial charge is 0.480 e. The molecule has 7 nitrogen and oxygen atoms in total. The number of anilines is 1. The van der Waals surface area contributed by atoms with Crippen molar-refractivity contribution in [2.45, 2.75) is 25.9 Å². The number of carbonyl (C=O) groups excluding carboxylic acids is 1. The maximum absolute atomic E-state index is 15.2. The summed E-state index contributed by atoms with van der Waals surface area (Å²) >= 11 is 0. The van der Waals surface area contributed by atoms with Crippen LogP contribution in [0.5, 0.6) is 0 Å². The van der Waals surface area contributed by atoms with E-state index in [1.807, 2.05) is 13.0 Å². The van der Waals surface area contributed by atoms with Crippen LogP contribution in [0.3, 0.4) is 0 Å². The van der Waals surface area contributed by atoms with E-state index in [2.05, 4.69) is 5.32 Å². The van der Waals surface area contributed by atoms with Gasteiger partial charge in [0.05, 0.1) is 5.56 Å². The number of nitrogens with two attached hydrogens (primary N) is 1. The summed E-state index contributed by atoms with van der Waals surface area (Å²) in [4.78, 5) is 37.3. The number of hydrogen-bond donors (Lipinski definition) is 3. The van der Waals surface area contributed by atoms with Gasteiger partial charge in [-0.3, -0.25) is 19.0 Å². The Morgan fingerprint density at radius 1 is 0.947 bits per heavy atom. The molecule has 0 aliphatic heterocycles. The normalized spacial score (nSPS) is 11.8. The molecule has 38 heavy (non-hydrogen) atoms. The maximum Gasteiger partial charge on any atom is 0.321 e. The lowest BCUT2D eigenvalue weighted by molar-refractivity contribution is -0.139. The molecule has 0 spiro atoms. The number of hydrogen-bond acceptors (Lipinski definition) is 5. The number of nitrogens with one attached hydrogen (secondary N) is 1. The van der Waals surface area contributed by atoms with Crippen molar-refractivity contribution in [1.29, 1.82) is 0 Å². The van der Waals surface area contributed by atoms with Gasteiger partial charge in [-0.1, -0.05) is 60.2 Å². The summed E-state index contributed by atoms with van der Waals surface area (Å²) in [6.07, 6.45) is 0.174. The molecule has 0 saturated heterocycles. The fourth-order valence-electron chi connectivity index (χ4n) is 4.11. The number of carboxylic acids is 1. The molecule has 0 unspecified atom stereocenters. The summed E-state index contributed by atoms with van der Waals surface area (Å²) in [7, 11) is 0. The molecule has 3 aromatic carbocycles. The molecule has 4 rings (SSSR count). The van der Waals surface area contributed by atoms with E-state index in [-0.39, 0.29) is 24.1 Å². The summed E-state index contributed by atoms with van der Waals surface area (Å²) in [5, 5.41) is 12.3. The van der Waals surface area contributed by atoms with Crippen molar-refractivity contribution in [2.24, 2.45) is 0 Å². The van der Waals surface area contributed by atoms with Crippen LogP contribution in [0.25, 0.3) is 5.69 Å². The Kier molecular flexibility index (Phi) is 7.78. The minimum atomic E-state index is -1.11. The van der Waals surface area contributed by atoms with E-state index in [4.69, 9.17) is 5.73 Å². The van der Waals surface area contributed by atoms with Gasteiger partial charge < -0.3 is 16.2 Å². The Balaban J connectivity index is 1.62. The van der Waals surface area contributed by atoms with Crippen molar-refractivity contribution in [1.82, 2.24) is 9.88 Å². The lowest BCUT2D eigenvalue weighted by Crippen LogP contribution is -2.38. The Morgan fingerprint density at radius 3 is 2.18 bits per heavy atom. The number of carboxylic acid groups (broad SMARTS) is 1. The van der Waals surface area contributed by atoms with Gasteiger partial charge in [-0.15, -0.1) is 0 Å². The summed E-state index contributed by atoms with van der Waals surface area (Å²) in [5.41, 5.74) is 6.62. The Labute approximate surface area is 217 Å². The van der Waals surface area contributed by atoms with Crippen LogP contribution in [0.4, 0.5) is 14.6 Å². The van der Waals surface area contributed by atoms with Gasteiger partial charge in [-0.2, -0.15) is 0 Å². The van der Waals surface area contributed by atoms with Gasteiger partial charge in [-0.25, -0.2) is 8.78 Å². The number of ketones is 1. The number of rotatable bonds is 9. The Hall–Kier alpha value is -4.63. The number of nitrogen functional groups attached to an aromatic ring is 1. The molecule has 4 aromatic rings. The first kappa shape index (κ1) is 26.4. The average molecular weight is 518 g/mol. The number of aromatic nitrogens is 1. The third-order valence-electron chi connectivity index (χ3n) is 6.12. The SMILES string of the molecule is Cc1ccc(C(=O)c2ccc(=O)n(-c3c(F)cc(CN[C@@H](Cc4ccccc4)C(=O)O)cc3F)c2N)cc1. The smallest absolute Gasteiger partial charge is 0.321 e. The van der Waals surface area contributed by atoms with Gasteiger partial charge in [-0.05, 0) is 42.7 Å². The standard InChI is InChI=1S/C29H25F2N3O4/c1-17-7-9-20(10-8-17)27(36)21-11-12-25(35)34(28(21)32)26-22(30)13-19(14-23(26)31)16-33-24(29(37)38)15-18-5-3-2-4-6-18/h2-14,24,33H,15-16,32H2,1H3,(H,37,38)/t24-/m0/s1. The molecule has 0 fully saturated rings. The van der Waals surface area contributed by atoms with Crippen LogP contribution in [-0.2, 0) is 17.8 Å². The summed E-state index contributed by atoms with van der Waals surface area (Å²) in [6, 6.07) is 18.9. The van der Waals surface area contributed by atoms with Gasteiger partial charge >= 0.3 is 5.97 Å². The molecule has 0 radical (unpaired) electrons. The van der Waals surface area contributed by atoms with Crippen LogP contribution >= 0.6 is 0 Å². The van der Waals surface area contributed by atoms with Crippen LogP contribution < -0.4 is 16.6 Å². The van der Waals surface area contributed by atoms with Crippen molar-refractivity contribution in [3.05, 3.63) is 129 Å². The topological polar surface area (TPSA) is 114 Å². The number of nitrogens with zero attached hydrogens (tertiary/aromatic N) is 1. The highest BCUT2D eigenvalue weighted by Gasteiger charge is 2.22. The molecule has 1 atom stereocenters. The Bertz CT molecular complexity index is 1530. The first-order valence-electron chi connectivity index (χ1n) is 11.8. The van der Waals surface area contributed by atoms with Gasteiger partial charge in [0.25, 0.3) is 5.56 Å². The first-order valence-corrected chi connectivity index (χ1v) is 11.8. The second-order valence-corrected chi connectivity index (χ2v) is 8.87. The predicted molar refractivity (Wildman–Crippen MR) is 139 cm³/mol. The number of pyridine rings is 1. The van der Waals surface area contributed by atoms with E-state index < -0.39 is 46.5 Å². The zero-order chi connectivity index (χ0) is 27.4. The quantitative estimate of drug-likeness (QED) is 0.289. The number of aryl methyl sites for hydroxylation is 1. The second kappa shape index (κ2) is 11.2. The molecule has 9 heteroatoms. The van der Waals surface area contributed by atoms with Gasteiger partial charge in [0, 0.05) is 18.2 Å². The third kappa shape index (κ3) is 5.68. The second-order valence-electron chi connectivity index (χ2n) is 8.87. The fourth-order valence-corrected chi connectivity index (χ4v) is 4.11. The number of halogens is 2. The van der Waals surface area contributed by atoms with Crippen LogP contribution in [0.2, 0.25) is 0 Å². The maximum atomic E-state index is 15.2. The van der Waals surface area contributed by atoms with E-state index in [1.165, 1.54) is 6.07 Å². The van der Waals surface area contributed by atoms with Crippen LogP contribution in [0, 0.1) is 18.6 Å². The van der Waals surface area contributed by atoms with Gasteiger partial charge in [0.2, 0.25) is 0 Å². The molecular weight excluding hydrogens is 492 g/mol. The summed E-state index contributed by atoms with van der Waals surface area (Å²) < 4.78 is 31.0. The molecule has 1 aromatic heterocycles. The number of benzene rings is 3. The highest BCUT2D eigenvalue weighted by molar-refractivity contribution is 6.11. The zero-order valence-electron chi connectivity index (χ0n) is 20.4. The van der Waals surface area contributed by atoms with Crippen molar-refractivity contribution in [3.8, 4) is 5.69 Å². The first-order chi connectivity index (χ1) is 18.2. The van der Waals surface area contributed by atoms with Gasteiger partial charge in [0.1, 0.15) is 17.5 Å². The van der Waals surface area contributed by atoms with E-state index in [1.54, 1.807) is 48.5 Å². The Morgan fingerprint density at radius 2 is 1.58 bits per heavy atom. The van der Waals surface area contributed by atoms with Crippen molar-refractivity contribution in [3.63, 3.8) is 0 Å². The molecule has 0 bridgehead atoms. The van der Waals surface area contributed by atoms with Crippen LogP contribution in [0.1, 0.15) is 32.6 Å². The highest BCUT2D eigenvalue weighted by atomic mass is 19.1. The van der Waals surface area contributed by atoms with Crippen LogP contribution in [-0.4, -0.2) is 27.5 Å². The fraction of sp³-hybridized carbons (Fsp3) is 0.138. The van der Waals surface area contributed by atoms with Crippen molar-refractivity contribution >= 4 is 17.6 Å².